The van der Waals surface area contributed by atoms with E-state index < -0.39 is 11.7 Å². The van der Waals surface area contributed by atoms with Gasteiger partial charge in [-0.1, -0.05) is 30.0 Å². The third-order valence-electron chi connectivity index (χ3n) is 3.29. The zero-order valence-electron chi connectivity index (χ0n) is 13.2. The minimum Gasteiger partial charge on any atom is -0.507 e. The summed E-state index contributed by atoms with van der Waals surface area (Å²) in [5, 5.41) is 33.0. The summed E-state index contributed by atoms with van der Waals surface area (Å²) in [4.78, 5) is 22.9. The van der Waals surface area contributed by atoms with E-state index in [9.17, 15) is 14.7 Å². The molecule has 1 amide bonds. The summed E-state index contributed by atoms with van der Waals surface area (Å²) in [6.07, 6.45) is 0. The Hall–Kier alpha value is -3.40. The van der Waals surface area contributed by atoms with Crippen molar-refractivity contribution in [3.63, 3.8) is 0 Å². The van der Waals surface area contributed by atoms with Gasteiger partial charge in [0.25, 0.3) is 0 Å². The first-order chi connectivity index (χ1) is 12.5. The Bertz CT molecular complexity index is 945. The Labute approximate surface area is 151 Å². The Morgan fingerprint density at radius 1 is 1.15 bits per heavy atom. The van der Waals surface area contributed by atoms with Crippen LogP contribution in [0.2, 0.25) is 0 Å². The quantitative estimate of drug-likeness (QED) is 0.559. The van der Waals surface area contributed by atoms with Crippen LogP contribution in [0, 0.1) is 0 Å². The second-order valence-corrected chi connectivity index (χ2v) is 6.03. The molecule has 3 rings (SSSR count). The van der Waals surface area contributed by atoms with E-state index in [-0.39, 0.29) is 17.2 Å². The molecule has 0 bridgehead atoms. The molecule has 10 heteroatoms. The number of carboxylic acids is 1. The van der Waals surface area contributed by atoms with E-state index in [2.05, 4.69) is 20.8 Å². The number of carbonyl (C=O) groups is 2. The van der Waals surface area contributed by atoms with Crippen molar-refractivity contribution in [3.8, 4) is 11.4 Å². The molecule has 3 N–H and O–H groups in total. The fourth-order valence-electron chi connectivity index (χ4n) is 2.12. The highest BCUT2D eigenvalue weighted by Gasteiger charge is 2.13. The number of rotatable bonds is 6. The lowest BCUT2D eigenvalue weighted by Gasteiger charge is -2.07. The predicted octanol–water partition coefficient (Wildman–Crippen LogP) is 1.80. The number of nitrogens with zero attached hydrogens (tertiary/aromatic N) is 4. The van der Waals surface area contributed by atoms with Crippen LogP contribution in [-0.4, -0.2) is 48.0 Å². The number of anilines is 1. The number of nitrogens with one attached hydrogen (secondary N) is 1. The van der Waals surface area contributed by atoms with Gasteiger partial charge in [0, 0.05) is 11.8 Å². The summed E-state index contributed by atoms with van der Waals surface area (Å²) < 4.78 is 1.52. The van der Waals surface area contributed by atoms with Gasteiger partial charge in [-0.2, -0.15) is 4.68 Å². The zero-order chi connectivity index (χ0) is 18.5. The lowest BCUT2D eigenvalue weighted by atomic mass is 10.2. The van der Waals surface area contributed by atoms with Crippen LogP contribution < -0.4 is 5.32 Å². The molecule has 1 aromatic heterocycles. The van der Waals surface area contributed by atoms with Gasteiger partial charge in [-0.25, -0.2) is 4.79 Å². The number of carbonyl (C=O) groups excluding carboxylic acids is 1. The third-order valence-corrected chi connectivity index (χ3v) is 4.21. The minimum atomic E-state index is -1.25. The molecule has 26 heavy (non-hydrogen) atoms. The molecule has 0 aliphatic carbocycles. The zero-order valence-corrected chi connectivity index (χ0v) is 14.1. The molecule has 1 heterocycles. The molecule has 9 nitrogen and oxygen atoms in total. The van der Waals surface area contributed by atoms with Crippen LogP contribution >= 0.6 is 11.8 Å². The molecule has 3 aromatic rings. The minimum absolute atomic E-state index is 0.0364. The van der Waals surface area contributed by atoms with Crippen LogP contribution in [0.5, 0.6) is 5.75 Å². The predicted molar refractivity (Wildman–Crippen MR) is 93.6 cm³/mol. The van der Waals surface area contributed by atoms with E-state index >= 15 is 0 Å². The number of phenols is 1. The molecule has 0 atom stereocenters. The summed E-state index contributed by atoms with van der Waals surface area (Å²) in [5.74, 6) is -1.98. The highest BCUT2D eigenvalue weighted by molar-refractivity contribution is 7.99. The number of para-hydroxylation sites is 1. The van der Waals surface area contributed by atoms with Crippen LogP contribution in [-0.2, 0) is 4.79 Å². The molecule has 0 radical (unpaired) electrons. The van der Waals surface area contributed by atoms with E-state index in [1.807, 2.05) is 30.3 Å². The standard InChI is InChI=1S/C16H13N5O4S/c22-13-8-10(6-7-12(13)15(24)25)17-14(23)9-26-16-18-19-20-21(16)11-4-2-1-3-5-11/h1-8,22H,9H2,(H,17,23)(H,24,25). The molecule has 2 aromatic carbocycles. The van der Waals surface area contributed by atoms with Crippen molar-refractivity contribution >= 4 is 29.3 Å². The van der Waals surface area contributed by atoms with Gasteiger partial charge in [0.15, 0.2) is 0 Å². The number of aromatic hydroxyl groups is 1. The van der Waals surface area contributed by atoms with E-state index in [1.165, 1.54) is 22.9 Å². The molecule has 0 unspecified atom stereocenters. The van der Waals surface area contributed by atoms with Crippen LogP contribution in [0.15, 0.2) is 53.7 Å². The van der Waals surface area contributed by atoms with Gasteiger partial charge >= 0.3 is 5.97 Å². The van der Waals surface area contributed by atoms with Crippen LogP contribution in [0.3, 0.4) is 0 Å². The summed E-state index contributed by atoms with van der Waals surface area (Å²) >= 11 is 1.15. The van der Waals surface area contributed by atoms with Gasteiger partial charge in [-0.05, 0) is 34.7 Å². The van der Waals surface area contributed by atoms with Gasteiger partial charge in [-0.15, -0.1) is 5.10 Å². The number of amides is 1. The number of carboxylic acid groups (broad SMARTS) is 1. The first-order valence-electron chi connectivity index (χ1n) is 7.37. The maximum absolute atomic E-state index is 12.1. The Morgan fingerprint density at radius 3 is 2.62 bits per heavy atom. The number of aromatic carboxylic acids is 1. The molecule has 0 saturated heterocycles. The van der Waals surface area contributed by atoms with Crippen molar-refractivity contribution < 1.29 is 19.8 Å². The Balaban J connectivity index is 1.63. The van der Waals surface area contributed by atoms with Gasteiger partial charge < -0.3 is 15.5 Å². The van der Waals surface area contributed by atoms with Crippen molar-refractivity contribution in [2.75, 3.05) is 11.1 Å². The smallest absolute Gasteiger partial charge is 0.339 e. The summed E-state index contributed by atoms with van der Waals surface area (Å²) in [6.45, 7) is 0. The largest absolute Gasteiger partial charge is 0.507 e. The fraction of sp³-hybridized carbons (Fsp3) is 0.0625. The van der Waals surface area contributed by atoms with E-state index in [0.717, 1.165) is 17.4 Å². The van der Waals surface area contributed by atoms with Gasteiger partial charge in [-0.3, -0.25) is 4.79 Å². The fourth-order valence-corrected chi connectivity index (χ4v) is 2.81. The highest BCUT2D eigenvalue weighted by atomic mass is 32.2. The molecule has 0 fully saturated rings. The highest BCUT2D eigenvalue weighted by Crippen LogP contribution is 2.23. The van der Waals surface area contributed by atoms with Crippen LogP contribution in [0.4, 0.5) is 5.69 Å². The Morgan fingerprint density at radius 2 is 1.92 bits per heavy atom. The summed E-state index contributed by atoms with van der Waals surface area (Å²) in [6, 6.07) is 13.1. The molecular formula is C16H13N5O4S. The number of hydrogen-bond acceptors (Lipinski definition) is 7. The summed E-state index contributed by atoms with van der Waals surface area (Å²) in [5.41, 5.74) is 0.828. The maximum atomic E-state index is 12.1. The second-order valence-electron chi connectivity index (χ2n) is 5.08. The number of benzene rings is 2. The maximum Gasteiger partial charge on any atom is 0.339 e. The monoisotopic (exact) mass is 371 g/mol. The van der Waals surface area contributed by atoms with Crippen molar-refractivity contribution in [1.82, 2.24) is 20.2 Å². The van der Waals surface area contributed by atoms with Crippen molar-refractivity contribution in [3.05, 3.63) is 54.1 Å². The number of hydrogen-bond donors (Lipinski definition) is 3. The van der Waals surface area contributed by atoms with Crippen molar-refractivity contribution in [2.45, 2.75) is 5.16 Å². The SMILES string of the molecule is O=C(CSc1nnnn1-c1ccccc1)Nc1ccc(C(=O)O)c(O)c1. The van der Waals surface area contributed by atoms with E-state index in [1.54, 1.807) is 0 Å². The first kappa shape index (κ1) is 17.4. The normalized spacial score (nSPS) is 10.5. The number of tetrazole rings is 1. The van der Waals surface area contributed by atoms with Crippen LogP contribution in [0.1, 0.15) is 10.4 Å². The summed E-state index contributed by atoms with van der Waals surface area (Å²) in [7, 11) is 0. The molecule has 0 spiro atoms. The molecule has 0 saturated carbocycles. The van der Waals surface area contributed by atoms with Gasteiger partial charge in [0.2, 0.25) is 11.1 Å². The van der Waals surface area contributed by atoms with Gasteiger partial charge in [0.05, 0.1) is 11.4 Å². The van der Waals surface area contributed by atoms with E-state index in [4.69, 9.17) is 5.11 Å². The van der Waals surface area contributed by atoms with Crippen molar-refractivity contribution in [1.29, 1.82) is 0 Å². The lowest BCUT2D eigenvalue weighted by Crippen LogP contribution is -2.14. The molecule has 132 valence electrons. The second kappa shape index (κ2) is 7.66. The number of thioether (sulfide) groups is 1. The topological polar surface area (TPSA) is 130 Å². The Kier molecular flexibility index (Phi) is 5.13. The number of aromatic nitrogens is 4. The van der Waals surface area contributed by atoms with Gasteiger partial charge in [0.1, 0.15) is 11.3 Å². The van der Waals surface area contributed by atoms with E-state index in [0.29, 0.717) is 10.8 Å². The lowest BCUT2D eigenvalue weighted by molar-refractivity contribution is -0.113. The average molecular weight is 371 g/mol. The third kappa shape index (κ3) is 3.98. The molecule has 0 aliphatic rings. The molecular weight excluding hydrogens is 358 g/mol. The first-order valence-corrected chi connectivity index (χ1v) is 8.36. The van der Waals surface area contributed by atoms with Crippen LogP contribution in [0.25, 0.3) is 5.69 Å². The van der Waals surface area contributed by atoms with Crippen molar-refractivity contribution in [2.24, 2.45) is 0 Å². The molecule has 0 aliphatic heterocycles. The average Bonchev–Trinajstić information content (AvgIpc) is 3.09.